The first-order chi connectivity index (χ1) is 10.5. The Morgan fingerprint density at radius 3 is 2.77 bits per heavy atom. The van der Waals surface area contributed by atoms with Gasteiger partial charge in [-0.1, -0.05) is 11.6 Å². The predicted molar refractivity (Wildman–Crippen MR) is 87.9 cm³/mol. The number of aliphatic imine (C=N–C) groups is 1. The zero-order valence-corrected chi connectivity index (χ0v) is 14.0. The second kappa shape index (κ2) is 5.74. The summed E-state index contributed by atoms with van der Waals surface area (Å²) in [5.41, 5.74) is 3.63. The first-order valence-electron chi connectivity index (χ1n) is 6.66. The van der Waals surface area contributed by atoms with Crippen LogP contribution in [0.4, 0.5) is 0 Å². The molecule has 1 aromatic heterocycles. The maximum absolute atomic E-state index is 12.8. The molecule has 2 aliphatic rings. The number of ketones is 1. The van der Waals surface area contributed by atoms with Gasteiger partial charge in [-0.15, -0.1) is 11.3 Å². The van der Waals surface area contributed by atoms with Crippen LogP contribution in [0.25, 0.3) is 0 Å². The van der Waals surface area contributed by atoms with Crippen LogP contribution in [0.1, 0.15) is 23.7 Å². The van der Waals surface area contributed by atoms with Gasteiger partial charge in [0.05, 0.1) is 25.0 Å². The maximum atomic E-state index is 12.8. The number of Topliss-reactive ketones (excluding diaryl/α,β-unsaturated/α-hetero) is 1. The van der Waals surface area contributed by atoms with Gasteiger partial charge in [0.1, 0.15) is 5.76 Å². The molecule has 0 aromatic carbocycles. The van der Waals surface area contributed by atoms with Gasteiger partial charge in [-0.3, -0.25) is 9.79 Å². The van der Waals surface area contributed by atoms with Crippen molar-refractivity contribution in [3.63, 3.8) is 0 Å². The molecule has 1 aromatic rings. The molecule has 22 heavy (non-hydrogen) atoms. The van der Waals surface area contributed by atoms with Gasteiger partial charge in [-0.05, 0) is 13.0 Å². The second-order valence-corrected chi connectivity index (χ2v) is 6.20. The fraction of sp³-hybridized carbons (Fsp3) is 0.250. The van der Waals surface area contributed by atoms with Crippen LogP contribution in [0.15, 0.2) is 50.1 Å². The number of methoxy groups -OCH3 is 2. The highest BCUT2D eigenvalue weighted by molar-refractivity contribution is 7.12. The number of hydrogen-bond acceptors (Lipinski definition) is 5. The Balaban J connectivity index is 2.04. The summed E-state index contributed by atoms with van der Waals surface area (Å²) in [4.78, 5) is 17.2. The predicted octanol–water partition coefficient (Wildman–Crippen LogP) is 4.09. The Bertz CT molecular complexity index is 783. The number of carbonyl (C=O) groups excluding carboxylic acids is 1. The zero-order chi connectivity index (χ0) is 15.9. The Morgan fingerprint density at radius 1 is 1.36 bits per heavy atom. The highest BCUT2D eigenvalue weighted by atomic mass is 35.5. The third-order valence-electron chi connectivity index (χ3n) is 3.55. The zero-order valence-electron chi connectivity index (χ0n) is 12.4. The lowest BCUT2D eigenvalue weighted by atomic mass is 9.91. The molecule has 0 atom stereocenters. The Hall–Kier alpha value is -1.85. The number of thiophene rings is 1. The lowest BCUT2D eigenvalue weighted by Crippen LogP contribution is -2.17. The van der Waals surface area contributed by atoms with Crippen LogP contribution in [-0.4, -0.2) is 25.7 Å². The van der Waals surface area contributed by atoms with Crippen molar-refractivity contribution in [3.8, 4) is 5.06 Å². The molecule has 0 fully saturated rings. The van der Waals surface area contributed by atoms with Crippen LogP contribution >= 0.6 is 22.9 Å². The minimum atomic E-state index is -0.110. The van der Waals surface area contributed by atoms with Gasteiger partial charge in [-0.2, -0.15) is 0 Å². The highest BCUT2D eigenvalue weighted by Gasteiger charge is 2.31. The molecule has 0 radical (unpaired) electrons. The normalized spacial score (nSPS) is 17.3. The first kappa shape index (κ1) is 15.1. The molecule has 0 bridgehead atoms. The maximum Gasteiger partial charge on any atom is 0.194 e. The van der Waals surface area contributed by atoms with Crippen molar-refractivity contribution in [1.29, 1.82) is 0 Å². The number of halogens is 1. The number of allylic oxidation sites excluding steroid dienone is 5. The van der Waals surface area contributed by atoms with E-state index in [-0.39, 0.29) is 5.78 Å². The van der Waals surface area contributed by atoms with Crippen LogP contribution in [0.5, 0.6) is 5.06 Å². The van der Waals surface area contributed by atoms with Crippen molar-refractivity contribution in [2.75, 3.05) is 14.2 Å². The minimum Gasteiger partial charge on any atom is -0.495 e. The number of carbonyl (C=O) groups is 1. The summed E-state index contributed by atoms with van der Waals surface area (Å²) in [6.45, 7) is 1.90. The molecule has 0 unspecified atom stereocenters. The number of nitrogens with zero attached hydrogens (tertiary/aromatic N) is 1. The van der Waals surface area contributed by atoms with E-state index in [1.54, 1.807) is 18.6 Å². The molecule has 3 rings (SSSR count). The molecule has 0 saturated heterocycles. The molecule has 4 nitrogen and oxygen atoms in total. The molecule has 114 valence electrons. The van der Waals surface area contributed by atoms with Gasteiger partial charge in [0.25, 0.3) is 0 Å². The molecule has 6 heteroatoms. The van der Waals surface area contributed by atoms with E-state index in [1.165, 1.54) is 18.4 Å². The standard InChI is InChI=1S/C16H14ClNO3S/c1-8-4-10-12(18-8)6-11(16(21-3)14(10)17)15(19)9-5-13(20-2)22-7-9/h4-5,7H,6H2,1-3H3. The van der Waals surface area contributed by atoms with E-state index in [4.69, 9.17) is 21.1 Å². The summed E-state index contributed by atoms with van der Waals surface area (Å²) in [5.74, 6) is 0.317. The van der Waals surface area contributed by atoms with E-state index in [9.17, 15) is 4.79 Å². The average molecular weight is 336 g/mol. The summed E-state index contributed by atoms with van der Waals surface area (Å²) < 4.78 is 10.5. The van der Waals surface area contributed by atoms with Crippen LogP contribution in [0.2, 0.25) is 0 Å². The second-order valence-electron chi connectivity index (χ2n) is 4.95. The van der Waals surface area contributed by atoms with Crippen molar-refractivity contribution in [2.24, 2.45) is 4.99 Å². The van der Waals surface area contributed by atoms with Crippen LogP contribution in [0, 0.1) is 0 Å². The van der Waals surface area contributed by atoms with E-state index in [0.717, 1.165) is 17.0 Å². The van der Waals surface area contributed by atoms with Gasteiger partial charge >= 0.3 is 0 Å². The van der Waals surface area contributed by atoms with Gasteiger partial charge in [0.2, 0.25) is 0 Å². The fourth-order valence-electron chi connectivity index (χ4n) is 2.54. The molecular formula is C16H14ClNO3S. The van der Waals surface area contributed by atoms with Crippen LogP contribution in [0.3, 0.4) is 0 Å². The third-order valence-corrected chi connectivity index (χ3v) is 4.81. The highest BCUT2D eigenvalue weighted by Crippen LogP contribution is 2.38. The number of fused-ring (bicyclic) bond motifs is 1. The molecule has 2 heterocycles. The molecular weight excluding hydrogens is 322 g/mol. The average Bonchev–Trinajstić information content (AvgIpc) is 3.12. The smallest absolute Gasteiger partial charge is 0.194 e. The van der Waals surface area contributed by atoms with Crippen LogP contribution < -0.4 is 4.74 Å². The lowest BCUT2D eigenvalue weighted by Gasteiger charge is -2.19. The molecule has 0 saturated carbocycles. The quantitative estimate of drug-likeness (QED) is 0.778. The molecule has 0 N–H and O–H groups in total. The Morgan fingerprint density at radius 2 is 2.14 bits per heavy atom. The molecule has 0 spiro atoms. The number of hydrogen-bond donors (Lipinski definition) is 0. The summed E-state index contributed by atoms with van der Waals surface area (Å²) in [5, 5.41) is 2.90. The summed E-state index contributed by atoms with van der Waals surface area (Å²) >= 11 is 7.78. The van der Waals surface area contributed by atoms with Crippen molar-refractivity contribution in [2.45, 2.75) is 13.3 Å². The van der Waals surface area contributed by atoms with Crippen molar-refractivity contribution in [3.05, 3.63) is 50.7 Å². The third kappa shape index (κ3) is 2.40. The fourth-order valence-corrected chi connectivity index (χ4v) is 3.60. The number of ether oxygens (including phenoxy) is 2. The van der Waals surface area contributed by atoms with Crippen LogP contribution in [-0.2, 0) is 4.74 Å². The van der Waals surface area contributed by atoms with Gasteiger partial charge in [0.15, 0.2) is 10.8 Å². The largest absolute Gasteiger partial charge is 0.495 e. The Kier molecular flexibility index (Phi) is 3.93. The molecule has 1 aliphatic carbocycles. The van der Waals surface area contributed by atoms with E-state index >= 15 is 0 Å². The summed E-state index contributed by atoms with van der Waals surface area (Å²) in [6.07, 6.45) is 2.32. The lowest BCUT2D eigenvalue weighted by molar-refractivity contribution is 0.102. The summed E-state index contributed by atoms with van der Waals surface area (Å²) in [7, 11) is 3.10. The van der Waals surface area contributed by atoms with Crippen molar-refractivity contribution in [1.82, 2.24) is 0 Å². The van der Waals surface area contributed by atoms with E-state index in [1.807, 2.05) is 13.0 Å². The minimum absolute atomic E-state index is 0.110. The molecule has 0 amide bonds. The van der Waals surface area contributed by atoms with E-state index in [0.29, 0.717) is 33.4 Å². The van der Waals surface area contributed by atoms with E-state index < -0.39 is 0 Å². The Labute approximate surface area is 137 Å². The van der Waals surface area contributed by atoms with Gasteiger partial charge in [0, 0.05) is 40.3 Å². The van der Waals surface area contributed by atoms with Gasteiger partial charge in [-0.25, -0.2) is 0 Å². The first-order valence-corrected chi connectivity index (χ1v) is 7.91. The van der Waals surface area contributed by atoms with Crippen molar-refractivity contribution >= 4 is 34.4 Å². The van der Waals surface area contributed by atoms with Crippen molar-refractivity contribution < 1.29 is 14.3 Å². The van der Waals surface area contributed by atoms with E-state index in [2.05, 4.69) is 4.99 Å². The number of rotatable bonds is 4. The SMILES string of the molecule is COC1=C(C(=O)c2csc(OC)c2)CC2=NC(C)=CC2=C1Cl. The topological polar surface area (TPSA) is 47.9 Å². The van der Waals surface area contributed by atoms with Gasteiger partial charge < -0.3 is 9.47 Å². The molecule has 1 aliphatic heterocycles. The monoisotopic (exact) mass is 335 g/mol. The summed E-state index contributed by atoms with van der Waals surface area (Å²) in [6, 6.07) is 1.72.